The molecule has 20 heavy (non-hydrogen) atoms. The molecule has 0 spiro atoms. The van der Waals surface area contributed by atoms with Gasteiger partial charge in [-0.15, -0.1) is 0 Å². The highest BCUT2D eigenvalue weighted by atomic mass is 16.2. The third kappa shape index (κ3) is 2.51. The molecule has 2 aromatic rings. The zero-order valence-corrected chi connectivity index (χ0v) is 11.7. The number of aromatic nitrogens is 1. The van der Waals surface area contributed by atoms with E-state index in [1.807, 2.05) is 42.2 Å². The van der Waals surface area contributed by atoms with Crippen LogP contribution in [-0.4, -0.2) is 42.0 Å². The highest BCUT2D eigenvalue weighted by Crippen LogP contribution is 2.20. The molecule has 1 aliphatic heterocycles. The number of fused-ring (bicyclic) bond motifs is 1. The van der Waals surface area contributed by atoms with Gasteiger partial charge in [0.2, 0.25) is 0 Å². The van der Waals surface area contributed by atoms with Crippen molar-refractivity contribution in [3.8, 4) is 0 Å². The van der Waals surface area contributed by atoms with Crippen molar-refractivity contribution in [1.29, 1.82) is 0 Å². The number of hydrogen-bond acceptors (Lipinski definition) is 3. The molecular formula is C16H19N3O. The van der Waals surface area contributed by atoms with Crippen LogP contribution in [0.4, 0.5) is 0 Å². The van der Waals surface area contributed by atoms with E-state index in [0.29, 0.717) is 0 Å². The average molecular weight is 269 g/mol. The van der Waals surface area contributed by atoms with Crippen molar-refractivity contribution in [1.82, 2.24) is 15.2 Å². The molecule has 1 fully saturated rings. The minimum Gasteiger partial charge on any atom is -0.337 e. The molecule has 1 aromatic heterocycles. The summed E-state index contributed by atoms with van der Waals surface area (Å²) in [5.41, 5.74) is 2.55. The molecule has 0 aliphatic carbocycles. The van der Waals surface area contributed by atoms with Gasteiger partial charge in [-0.25, -0.2) is 0 Å². The summed E-state index contributed by atoms with van der Waals surface area (Å²) in [5.74, 6) is 0.121. The molecule has 4 nitrogen and oxygen atoms in total. The van der Waals surface area contributed by atoms with Gasteiger partial charge in [0.1, 0.15) is 0 Å². The van der Waals surface area contributed by atoms with Gasteiger partial charge < -0.3 is 10.2 Å². The molecular weight excluding hydrogens is 250 g/mol. The first-order valence-electron chi connectivity index (χ1n) is 7.12. The second-order valence-electron chi connectivity index (χ2n) is 5.22. The zero-order chi connectivity index (χ0) is 13.9. The summed E-state index contributed by atoms with van der Waals surface area (Å²) < 4.78 is 0. The monoisotopic (exact) mass is 269 g/mol. The molecule has 0 atom stereocenters. The first-order valence-corrected chi connectivity index (χ1v) is 7.12. The van der Waals surface area contributed by atoms with Crippen LogP contribution in [-0.2, 0) is 0 Å². The second-order valence-corrected chi connectivity index (χ2v) is 5.22. The Kier molecular flexibility index (Phi) is 3.65. The van der Waals surface area contributed by atoms with Crippen molar-refractivity contribution in [2.45, 2.75) is 13.3 Å². The third-order valence-corrected chi connectivity index (χ3v) is 3.70. The lowest BCUT2D eigenvalue weighted by Gasteiger charge is -2.21. The molecule has 1 saturated heterocycles. The van der Waals surface area contributed by atoms with Gasteiger partial charge in [-0.3, -0.25) is 9.78 Å². The zero-order valence-electron chi connectivity index (χ0n) is 11.7. The van der Waals surface area contributed by atoms with E-state index in [4.69, 9.17) is 0 Å². The van der Waals surface area contributed by atoms with Crippen LogP contribution < -0.4 is 5.32 Å². The van der Waals surface area contributed by atoms with Gasteiger partial charge in [0.25, 0.3) is 5.91 Å². The number of nitrogens with zero attached hydrogens (tertiary/aromatic N) is 2. The quantitative estimate of drug-likeness (QED) is 0.861. The Labute approximate surface area is 118 Å². The molecule has 0 saturated carbocycles. The van der Waals surface area contributed by atoms with Gasteiger partial charge in [-0.2, -0.15) is 0 Å². The molecule has 1 amide bonds. The number of carbonyl (C=O) groups is 1. The Balaban J connectivity index is 2.02. The fourth-order valence-electron chi connectivity index (χ4n) is 2.70. The average Bonchev–Trinajstić information content (AvgIpc) is 2.74. The summed E-state index contributed by atoms with van der Waals surface area (Å²) >= 11 is 0. The van der Waals surface area contributed by atoms with E-state index in [9.17, 15) is 4.79 Å². The van der Waals surface area contributed by atoms with Gasteiger partial charge in [-0.05, 0) is 32.0 Å². The fourth-order valence-corrected chi connectivity index (χ4v) is 2.70. The number of pyridine rings is 1. The van der Waals surface area contributed by atoms with E-state index >= 15 is 0 Å². The van der Waals surface area contributed by atoms with Gasteiger partial charge in [-0.1, -0.05) is 18.2 Å². The summed E-state index contributed by atoms with van der Waals surface area (Å²) in [6.07, 6.45) is 1.01. The van der Waals surface area contributed by atoms with Crippen LogP contribution in [0.1, 0.15) is 22.5 Å². The Morgan fingerprint density at radius 1 is 1.25 bits per heavy atom. The summed E-state index contributed by atoms with van der Waals surface area (Å²) in [4.78, 5) is 19.2. The Morgan fingerprint density at radius 2 is 2.10 bits per heavy atom. The highest BCUT2D eigenvalue weighted by Gasteiger charge is 2.19. The third-order valence-electron chi connectivity index (χ3n) is 3.70. The van der Waals surface area contributed by atoms with Crippen molar-refractivity contribution < 1.29 is 4.79 Å². The number of aryl methyl sites for hydroxylation is 1. The Hall–Kier alpha value is -1.94. The number of rotatable bonds is 1. The molecule has 104 valence electrons. The van der Waals surface area contributed by atoms with Gasteiger partial charge in [0.05, 0.1) is 11.1 Å². The van der Waals surface area contributed by atoms with E-state index in [-0.39, 0.29) is 5.91 Å². The maximum absolute atomic E-state index is 12.8. The van der Waals surface area contributed by atoms with Gasteiger partial charge in [0.15, 0.2) is 0 Å². The topological polar surface area (TPSA) is 45.2 Å². The van der Waals surface area contributed by atoms with E-state index in [1.54, 1.807) is 0 Å². The van der Waals surface area contributed by atoms with E-state index in [2.05, 4.69) is 10.3 Å². The van der Waals surface area contributed by atoms with E-state index in [0.717, 1.165) is 54.8 Å². The number of amides is 1. The standard InChI is InChI=1S/C16H19N3O/c1-12-11-14(13-5-2-3-6-15(13)18-12)16(20)19-9-4-7-17-8-10-19/h2-3,5-6,11,17H,4,7-10H2,1H3. The van der Waals surface area contributed by atoms with Crippen LogP contribution in [0.15, 0.2) is 30.3 Å². The smallest absolute Gasteiger partial charge is 0.254 e. The first-order chi connectivity index (χ1) is 9.75. The van der Waals surface area contributed by atoms with Crippen LogP contribution in [0.5, 0.6) is 0 Å². The van der Waals surface area contributed by atoms with Crippen LogP contribution in [0.3, 0.4) is 0 Å². The predicted molar refractivity (Wildman–Crippen MR) is 79.9 cm³/mol. The number of hydrogen-bond donors (Lipinski definition) is 1. The molecule has 0 bridgehead atoms. The largest absolute Gasteiger partial charge is 0.337 e. The molecule has 4 heteroatoms. The maximum Gasteiger partial charge on any atom is 0.254 e. The number of benzene rings is 1. The predicted octanol–water partition coefficient (Wildman–Crippen LogP) is 1.98. The van der Waals surface area contributed by atoms with E-state index in [1.165, 1.54) is 0 Å². The normalized spacial score (nSPS) is 16.1. The lowest BCUT2D eigenvalue weighted by molar-refractivity contribution is 0.0768. The second kappa shape index (κ2) is 5.59. The van der Waals surface area contributed by atoms with Crippen LogP contribution >= 0.6 is 0 Å². The van der Waals surface area contributed by atoms with Crippen molar-refractivity contribution in [2.24, 2.45) is 0 Å². The lowest BCUT2D eigenvalue weighted by atomic mass is 10.1. The number of carbonyl (C=O) groups excluding carboxylic acids is 1. The highest BCUT2D eigenvalue weighted by molar-refractivity contribution is 6.06. The molecule has 0 unspecified atom stereocenters. The molecule has 1 aromatic carbocycles. The van der Waals surface area contributed by atoms with Crippen molar-refractivity contribution >= 4 is 16.8 Å². The van der Waals surface area contributed by atoms with Crippen LogP contribution in [0, 0.1) is 6.92 Å². The molecule has 1 aliphatic rings. The van der Waals surface area contributed by atoms with Gasteiger partial charge >= 0.3 is 0 Å². The van der Waals surface area contributed by atoms with Crippen molar-refractivity contribution in [2.75, 3.05) is 26.2 Å². The Morgan fingerprint density at radius 3 is 3.00 bits per heavy atom. The Bertz CT molecular complexity index is 631. The summed E-state index contributed by atoms with van der Waals surface area (Å²) in [5, 5.41) is 4.27. The SMILES string of the molecule is Cc1cc(C(=O)N2CCCNCC2)c2ccccc2n1. The molecule has 0 radical (unpaired) electrons. The fraction of sp³-hybridized carbons (Fsp3) is 0.375. The van der Waals surface area contributed by atoms with Gasteiger partial charge in [0, 0.05) is 30.7 Å². The molecule has 1 N–H and O–H groups in total. The first kappa shape index (κ1) is 13.1. The minimum atomic E-state index is 0.121. The van der Waals surface area contributed by atoms with Crippen molar-refractivity contribution in [3.05, 3.63) is 41.6 Å². The number of nitrogens with one attached hydrogen (secondary N) is 1. The number of para-hydroxylation sites is 1. The van der Waals surface area contributed by atoms with Crippen molar-refractivity contribution in [3.63, 3.8) is 0 Å². The summed E-state index contributed by atoms with van der Waals surface area (Å²) in [7, 11) is 0. The van der Waals surface area contributed by atoms with Crippen LogP contribution in [0.2, 0.25) is 0 Å². The maximum atomic E-state index is 12.8. The minimum absolute atomic E-state index is 0.121. The summed E-state index contributed by atoms with van der Waals surface area (Å²) in [6, 6.07) is 9.76. The molecule has 3 rings (SSSR count). The lowest BCUT2D eigenvalue weighted by Crippen LogP contribution is -2.34. The van der Waals surface area contributed by atoms with Crippen LogP contribution in [0.25, 0.3) is 10.9 Å². The molecule has 2 heterocycles. The summed E-state index contributed by atoms with van der Waals surface area (Å²) in [6.45, 7) is 5.39. The van der Waals surface area contributed by atoms with E-state index < -0.39 is 0 Å².